The number of hydrogen-bond donors (Lipinski definition) is 1. The molecule has 0 saturated heterocycles. The van der Waals surface area contributed by atoms with Crippen LogP contribution in [-0.4, -0.2) is 13.4 Å². The number of aryl methyl sites for hydroxylation is 1. The molecule has 3 aromatic rings. The maximum absolute atomic E-state index is 14.0. The zero-order valence-corrected chi connectivity index (χ0v) is 15.3. The normalized spacial score (nSPS) is 12.7. The van der Waals surface area contributed by atoms with E-state index < -0.39 is 21.9 Å². The molecule has 0 aliphatic rings. The van der Waals surface area contributed by atoms with Gasteiger partial charge >= 0.3 is 0 Å². The van der Waals surface area contributed by atoms with Crippen LogP contribution in [-0.2, 0) is 10.0 Å². The summed E-state index contributed by atoms with van der Waals surface area (Å²) in [6, 6.07) is 15.0. The van der Waals surface area contributed by atoms with Gasteiger partial charge in [-0.1, -0.05) is 30.3 Å². The van der Waals surface area contributed by atoms with Crippen molar-refractivity contribution < 1.29 is 12.8 Å². The summed E-state index contributed by atoms with van der Waals surface area (Å²) in [6.45, 7) is 3.60. The summed E-state index contributed by atoms with van der Waals surface area (Å²) in [5, 5.41) is 0. The van der Waals surface area contributed by atoms with Crippen LogP contribution in [0.25, 0.3) is 11.1 Å². The predicted octanol–water partition coefficient (Wildman–Crippen LogP) is 4.24. The monoisotopic (exact) mass is 370 g/mol. The van der Waals surface area contributed by atoms with Gasteiger partial charge in [-0.25, -0.2) is 17.5 Å². The van der Waals surface area contributed by atoms with Gasteiger partial charge in [0.25, 0.3) is 0 Å². The molecular weight excluding hydrogens is 351 g/mol. The lowest BCUT2D eigenvalue weighted by Gasteiger charge is -2.16. The van der Waals surface area contributed by atoms with Gasteiger partial charge in [-0.05, 0) is 54.8 Å². The van der Waals surface area contributed by atoms with Crippen LogP contribution in [0.15, 0.2) is 71.9 Å². The Morgan fingerprint density at radius 3 is 2.58 bits per heavy atom. The van der Waals surface area contributed by atoms with E-state index in [0.717, 1.165) is 17.3 Å². The molecule has 134 valence electrons. The fraction of sp³-hybridized carbons (Fsp3) is 0.150. The van der Waals surface area contributed by atoms with Crippen molar-refractivity contribution in [1.29, 1.82) is 0 Å². The third kappa shape index (κ3) is 3.98. The van der Waals surface area contributed by atoms with Gasteiger partial charge in [0.15, 0.2) is 0 Å². The van der Waals surface area contributed by atoms with E-state index in [0.29, 0.717) is 11.1 Å². The van der Waals surface area contributed by atoms with E-state index in [2.05, 4.69) is 9.71 Å². The van der Waals surface area contributed by atoms with E-state index in [-0.39, 0.29) is 4.90 Å². The number of pyridine rings is 1. The molecule has 1 heterocycles. The number of rotatable bonds is 5. The minimum Gasteiger partial charge on any atom is -0.262 e. The van der Waals surface area contributed by atoms with Crippen molar-refractivity contribution in [2.45, 2.75) is 24.8 Å². The van der Waals surface area contributed by atoms with Gasteiger partial charge in [0, 0.05) is 17.8 Å². The van der Waals surface area contributed by atoms with Crippen LogP contribution in [0.3, 0.4) is 0 Å². The molecule has 1 atom stereocenters. The van der Waals surface area contributed by atoms with Gasteiger partial charge in [-0.15, -0.1) is 0 Å². The highest BCUT2D eigenvalue weighted by Crippen LogP contribution is 2.26. The molecule has 6 heteroatoms. The Bertz CT molecular complexity index is 1040. The number of aromatic nitrogens is 1. The molecule has 26 heavy (non-hydrogen) atoms. The highest BCUT2D eigenvalue weighted by Gasteiger charge is 2.19. The molecule has 0 spiro atoms. The third-order valence-corrected chi connectivity index (χ3v) is 5.64. The van der Waals surface area contributed by atoms with E-state index in [9.17, 15) is 12.8 Å². The number of halogens is 1. The first-order valence-corrected chi connectivity index (χ1v) is 9.64. The van der Waals surface area contributed by atoms with E-state index >= 15 is 0 Å². The molecule has 0 amide bonds. The highest BCUT2D eigenvalue weighted by atomic mass is 32.2. The molecule has 0 saturated carbocycles. The van der Waals surface area contributed by atoms with Crippen molar-refractivity contribution in [3.63, 3.8) is 0 Å². The van der Waals surface area contributed by atoms with Crippen molar-refractivity contribution in [2.24, 2.45) is 0 Å². The SMILES string of the molecule is Cc1cccc(S(=O)(=O)N[C@H](C)c2cccc(-c3ccncc3F)c2)c1. The van der Waals surface area contributed by atoms with Gasteiger partial charge in [-0.2, -0.15) is 0 Å². The summed E-state index contributed by atoms with van der Waals surface area (Å²) >= 11 is 0. The minimum absolute atomic E-state index is 0.223. The Balaban J connectivity index is 1.88. The maximum atomic E-state index is 14.0. The van der Waals surface area contributed by atoms with E-state index in [4.69, 9.17) is 0 Å². The van der Waals surface area contributed by atoms with Gasteiger partial charge < -0.3 is 0 Å². The molecular formula is C20H19FN2O2S. The van der Waals surface area contributed by atoms with Crippen LogP contribution in [0.5, 0.6) is 0 Å². The second-order valence-electron chi connectivity index (χ2n) is 6.14. The standard InChI is InChI=1S/C20H19FN2O2S/c1-14-5-3-8-18(11-14)26(24,25)23-15(2)16-6-4-7-17(12-16)19-9-10-22-13-20(19)21/h3-13,15,23H,1-2H3/t15-/m1/s1. The van der Waals surface area contributed by atoms with Crippen molar-refractivity contribution in [3.05, 3.63) is 83.9 Å². The molecule has 0 aliphatic carbocycles. The topological polar surface area (TPSA) is 59.1 Å². The van der Waals surface area contributed by atoms with E-state index in [1.807, 2.05) is 19.1 Å². The zero-order chi connectivity index (χ0) is 18.7. The second-order valence-corrected chi connectivity index (χ2v) is 7.85. The van der Waals surface area contributed by atoms with Crippen LogP contribution in [0.2, 0.25) is 0 Å². The van der Waals surface area contributed by atoms with Crippen molar-refractivity contribution >= 4 is 10.0 Å². The third-order valence-electron chi connectivity index (χ3n) is 4.10. The highest BCUT2D eigenvalue weighted by molar-refractivity contribution is 7.89. The van der Waals surface area contributed by atoms with Crippen molar-refractivity contribution in [2.75, 3.05) is 0 Å². The van der Waals surface area contributed by atoms with Crippen LogP contribution in [0.4, 0.5) is 4.39 Å². The molecule has 4 nitrogen and oxygen atoms in total. The molecule has 0 unspecified atom stereocenters. The fourth-order valence-electron chi connectivity index (χ4n) is 2.74. The quantitative estimate of drug-likeness (QED) is 0.731. The lowest BCUT2D eigenvalue weighted by atomic mass is 10.0. The van der Waals surface area contributed by atoms with Crippen LogP contribution < -0.4 is 4.72 Å². The van der Waals surface area contributed by atoms with Crippen LogP contribution in [0.1, 0.15) is 24.1 Å². The van der Waals surface area contributed by atoms with E-state index in [1.54, 1.807) is 49.4 Å². The van der Waals surface area contributed by atoms with Gasteiger partial charge in [0.05, 0.1) is 11.1 Å². The molecule has 1 aromatic heterocycles. The van der Waals surface area contributed by atoms with Gasteiger partial charge in [0.1, 0.15) is 5.82 Å². The van der Waals surface area contributed by atoms with E-state index in [1.165, 1.54) is 6.20 Å². The summed E-state index contributed by atoms with van der Waals surface area (Å²) in [6.07, 6.45) is 2.68. The molecule has 3 rings (SSSR count). The largest absolute Gasteiger partial charge is 0.262 e. The number of benzene rings is 2. The number of nitrogens with zero attached hydrogens (tertiary/aromatic N) is 1. The smallest absolute Gasteiger partial charge is 0.241 e. The Morgan fingerprint density at radius 1 is 1.08 bits per heavy atom. The van der Waals surface area contributed by atoms with Crippen molar-refractivity contribution in [1.82, 2.24) is 9.71 Å². The number of hydrogen-bond acceptors (Lipinski definition) is 3. The summed E-state index contributed by atoms with van der Waals surface area (Å²) in [5.74, 6) is -0.419. The number of sulfonamides is 1. The Hall–Kier alpha value is -2.57. The van der Waals surface area contributed by atoms with Gasteiger partial charge in [-0.3, -0.25) is 4.98 Å². The second kappa shape index (κ2) is 7.35. The minimum atomic E-state index is -3.65. The summed E-state index contributed by atoms with van der Waals surface area (Å²) in [5.41, 5.74) is 2.71. The summed E-state index contributed by atoms with van der Waals surface area (Å²) in [4.78, 5) is 3.97. The first-order chi connectivity index (χ1) is 12.4. The molecule has 0 aliphatic heterocycles. The first kappa shape index (κ1) is 18.2. The zero-order valence-electron chi connectivity index (χ0n) is 14.5. The fourth-order valence-corrected chi connectivity index (χ4v) is 4.07. The molecule has 0 bridgehead atoms. The summed E-state index contributed by atoms with van der Waals surface area (Å²) < 4.78 is 41.8. The van der Waals surface area contributed by atoms with Gasteiger partial charge in [0.2, 0.25) is 10.0 Å². The molecule has 2 aromatic carbocycles. The maximum Gasteiger partial charge on any atom is 0.241 e. The molecule has 1 N–H and O–H groups in total. The Labute approximate surface area is 152 Å². The summed E-state index contributed by atoms with van der Waals surface area (Å²) in [7, 11) is -3.65. The number of nitrogens with one attached hydrogen (secondary N) is 1. The Kier molecular flexibility index (Phi) is 5.15. The molecule has 0 radical (unpaired) electrons. The van der Waals surface area contributed by atoms with Crippen LogP contribution in [0, 0.1) is 12.7 Å². The lowest BCUT2D eigenvalue weighted by Crippen LogP contribution is -2.27. The lowest BCUT2D eigenvalue weighted by molar-refractivity contribution is 0.567. The first-order valence-electron chi connectivity index (χ1n) is 8.16. The Morgan fingerprint density at radius 2 is 1.85 bits per heavy atom. The predicted molar refractivity (Wildman–Crippen MR) is 99.5 cm³/mol. The average Bonchev–Trinajstić information content (AvgIpc) is 2.62. The molecule has 0 fully saturated rings. The van der Waals surface area contributed by atoms with Crippen molar-refractivity contribution in [3.8, 4) is 11.1 Å². The van der Waals surface area contributed by atoms with Crippen LogP contribution >= 0.6 is 0 Å². The average molecular weight is 370 g/mol.